The van der Waals surface area contributed by atoms with Gasteiger partial charge in [-0.3, -0.25) is 0 Å². The normalized spacial score (nSPS) is 19.2. The number of fused-ring (bicyclic) bond motifs is 1. The van der Waals surface area contributed by atoms with Crippen molar-refractivity contribution in [3.63, 3.8) is 0 Å². The predicted octanol–water partition coefficient (Wildman–Crippen LogP) is 2.53. The van der Waals surface area contributed by atoms with Crippen molar-refractivity contribution in [3.05, 3.63) is 16.5 Å². The summed E-state index contributed by atoms with van der Waals surface area (Å²) in [5.41, 5.74) is 1.25. The Morgan fingerprint density at radius 2 is 2.53 bits per heavy atom. The minimum atomic E-state index is -0.202. The van der Waals surface area contributed by atoms with Crippen LogP contribution in [0.4, 0.5) is 5.00 Å². The second kappa shape index (κ2) is 4.23. The first-order chi connectivity index (χ1) is 7.20. The molecule has 1 aliphatic rings. The highest BCUT2D eigenvalue weighted by Crippen LogP contribution is 2.33. The summed E-state index contributed by atoms with van der Waals surface area (Å²) in [4.78, 5) is 12.2. The maximum absolute atomic E-state index is 11.5. The number of hydrogen-bond acceptors (Lipinski definition) is 4. The fraction of sp³-hybridized carbons (Fsp3) is 0.545. The van der Waals surface area contributed by atoms with E-state index in [2.05, 4.69) is 12.2 Å². The Morgan fingerprint density at radius 3 is 3.27 bits per heavy atom. The molecule has 1 N–H and O–H groups in total. The van der Waals surface area contributed by atoms with E-state index in [1.54, 1.807) is 0 Å². The molecular weight excluding hydrogens is 210 g/mol. The Kier molecular flexibility index (Phi) is 2.95. The zero-order chi connectivity index (χ0) is 10.8. The highest BCUT2D eigenvalue weighted by molar-refractivity contribution is 7.18. The van der Waals surface area contributed by atoms with E-state index in [4.69, 9.17) is 4.74 Å². The average Bonchev–Trinajstić information content (AvgIpc) is 2.60. The first-order valence-electron chi connectivity index (χ1n) is 5.24. The van der Waals surface area contributed by atoms with Crippen LogP contribution >= 0.6 is 11.3 Å². The Hall–Kier alpha value is -1.03. The van der Waals surface area contributed by atoms with Crippen LogP contribution in [0.3, 0.4) is 0 Å². The van der Waals surface area contributed by atoms with E-state index in [0.717, 1.165) is 18.0 Å². The van der Waals surface area contributed by atoms with Crippen molar-refractivity contribution in [2.24, 2.45) is 5.92 Å². The number of rotatable bonds is 2. The van der Waals surface area contributed by atoms with Gasteiger partial charge in [0, 0.05) is 6.54 Å². The Balaban J connectivity index is 2.19. The van der Waals surface area contributed by atoms with Crippen LogP contribution in [0.15, 0.2) is 6.07 Å². The van der Waals surface area contributed by atoms with Crippen molar-refractivity contribution in [1.29, 1.82) is 0 Å². The number of thiophene rings is 1. The van der Waals surface area contributed by atoms with Gasteiger partial charge in [0.15, 0.2) is 0 Å². The van der Waals surface area contributed by atoms with Crippen LogP contribution in [0.2, 0.25) is 0 Å². The molecule has 82 valence electrons. The summed E-state index contributed by atoms with van der Waals surface area (Å²) >= 11 is 1.50. The molecule has 0 bridgehead atoms. The first-order valence-corrected chi connectivity index (χ1v) is 6.06. The van der Waals surface area contributed by atoms with Crippen molar-refractivity contribution in [3.8, 4) is 0 Å². The van der Waals surface area contributed by atoms with Gasteiger partial charge in [-0.05, 0) is 30.9 Å². The third-order valence-corrected chi connectivity index (χ3v) is 3.58. The third-order valence-electron chi connectivity index (χ3n) is 2.47. The molecule has 0 spiro atoms. The number of hydrogen-bond donors (Lipinski definition) is 1. The van der Waals surface area contributed by atoms with Gasteiger partial charge < -0.3 is 10.1 Å². The number of nitrogens with one attached hydrogen (secondary N) is 1. The standard InChI is InChI=1S/C11H15NO2S/c1-3-14-11(13)9-5-8-4-7(2)6-12-10(8)15-9/h5,7,12H,3-4,6H2,1-2H3. The number of esters is 1. The average molecular weight is 225 g/mol. The molecule has 1 atom stereocenters. The molecule has 0 saturated carbocycles. The van der Waals surface area contributed by atoms with Crippen molar-refractivity contribution in [2.45, 2.75) is 20.3 Å². The van der Waals surface area contributed by atoms with Crippen LogP contribution in [0.1, 0.15) is 29.1 Å². The maximum atomic E-state index is 11.5. The minimum Gasteiger partial charge on any atom is -0.462 e. The fourth-order valence-electron chi connectivity index (χ4n) is 1.75. The molecule has 1 aromatic heterocycles. The van der Waals surface area contributed by atoms with Crippen LogP contribution in [-0.2, 0) is 11.2 Å². The zero-order valence-electron chi connectivity index (χ0n) is 9.00. The molecule has 4 heteroatoms. The lowest BCUT2D eigenvalue weighted by molar-refractivity contribution is 0.0532. The van der Waals surface area contributed by atoms with Gasteiger partial charge in [-0.2, -0.15) is 0 Å². The van der Waals surface area contributed by atoms with Gasteiger partial charge in [-0.15, -0.1) is 11.3 Å². The predicted molar refractivity (Wildman–Crippen MR) is 61.6 cm³/mol. The largest absolute Gasteiger partial charge is 0.462 e. The van der Waals surface area contributed by atoms with E-state index >= 15 is 0 Å². The molecule has 1 aromatic rings. The van der Waals surface area contributed by atoms with Gasteiger partial charge in [-0.25, -0.2) is 4.79 Å². The summed E-state index contributed by atoms with van der Waals surface area (Å²) in [7, 11) is 0. The summed E-state index contributed by atoms with van der Waals surface area (Å²) in [6.07, 6.45) is 1.05. The van der Waals surface area contributed by atoms with Crippen LogP contribution in [-0.4, -0.2) is 19.1 Å². The summed E-state index contributed by atoms with van der Waals surface area (Å²) < 4.78 is 4.98. The summed E-state index contributed by atoms with van der Waals surface area (Å²) in [6.45, 7) is 5.46. The molecular formula is C11H15NO2S. The van der Waals surface area contributed by atoms with E-state index in [-0.39, 0.29) is 5.97 Å². The topological polar surface area (TPSA) is 38.3 Å². The molecule has 0 fully saturated rings. The number of ether oxygens (including phenoxy) is 1. The molecule has 0 aromatic carbocycles. The van der Waals surface area contributed by atoms with E-state index in [1.165, 1.54) is 16.9 Å². The van der Waals surface area contributed by atoms with Crippen LogP contribution in [0.5, 0.6) is 0 Å². The van der Waals surface area contributed by atoms with Crippen molar-refractivity contribution in [2.75, 3.05) is 18.5 Å². The Labute approximate surface area is 93.4 Å². The van der Waals surface area contributed by atoms with E-state index < -0.39 is 0 Å². The lowest BCUT2D eigenvalue weighted by atomic mass is 10.00. The van der Waals surface area contributed by atoms with Crippen LogP contribution in [0.25, 0.3) is 0 Å². The monoisotopic (exact) mass is 225 g/mol. The van der Waals surface area contributed by atoms with Gasteiger partial charge in [0.1, 0.15) is 4.88 Å². The lowest BCUT2D eigenvalue weighted by Crippen LogP contribution is -2.18. The quantitative estimate of drug-likeness (QED) is 0.786. The van der Waals surface area contributed by atoms with Gasteiger partial charge >= 0.3 is 5.97 Å². The number of carbonyl (C=O) groups excluding carboxylic acids is 1. The van der Waals surface area contributed by atoms with Gasteiger partial charge in [0.25, 0.3) is 0 Å². The summed E-state index contributed by atoms with van der Waals surface area (Å²) in [5, 5.41) is 4.48. The van der Waals surface area contributed by atoms with E-state index in [0.29, 0.717) is 17.4 Å². The van der Waals surface area contributed by atoms with E-state index in [1.807, 2.05) is 13.0 Å². The molecule has 1 aliphatic heterocycles. The fourth-order valence-corrected chi connectivity index (χ4v) is 2.74. The van der Waals surface area contributed by atoms with Gasteiger partial charge in [0.05, 0.1) is 11.6 Å². The highest BCUT2D eigenvalue weighted by atomic mass is 32.1. The molecule has 15 heavy (non-hydrogen) atoms. The zero-order valence-corrected chi connectivity index (χ0v) is 9.82. The van der Waals surface area contributed by atoms with Crippen molar-refractivity contribution < 1.29 is 9.53 Å². The van der Waals surface area contributed by atoms with E-state index in [9.17, 15) is 4.79 Å². The summed E-state index contributed by atoms with van der Waals surface area (Å²) in [6, 6.07) is 1.96. The number of carbonyl (C=O) groups is 1. The van der Waals surface area contributed by atoms with Gasteiger partial charge in [0.2, 0.25) is 0 Å². The molecule has 1 unspecified atom stereocenters. The van der Waals surface area contributed by atoms with Crippen molar-refractivity contribution in [1.82, 2.24) is 0 Å². The number of anilines is 1. The molecule has 2 heterocycles. The second-order valence-electron chi connectivity index (χ2n) is 3.88. The molecule has 0 aliphatic carbocycles. The molecule has 0 saturated heterocycles. The third kappa shape index (κ3) is 2.15. The van der Waals surface area contributed by atoms with Gasteiger partial charge in [-0.1, -0.05) is 6.92 Å². The van der Waals surface area contributed by atoms with Crippen LogP contribution in [0, 0.1) is 5.92 Å². The Bertz CT molecular complexity index is 373. The first kappa shape index (κ1) is 10.5. The minimum absolute atomic E-state index is 0.202. The lowest BCUT2D eigenvalue weighted by Gasteiger charge is -2.19. The second-order valence-corrected chi connectivity index (χ2v) is 4.93. The Morgan fingerprint density at radius 1 is 1.73 bits per heavy atom. The molecule has 3 nitrogen and oxygen atoms in total. The molecule has 2 rings (SSSR count). The smallest absolute Gasteiger partial charge is 0.348 e. The highest BCUT2D eigenvalue weighted by Gasteiger charge is 2.20. The van der Waals surface area contributed by atoms with Crippen molar-refractivity contribution >= 4 is 22.3 Å². The summed E-state index contributed by atoms with van der Waals surface area (Å²) in [5.74, 6) is 0.438. The maximum Gasteiger partial charge on any atom is 0.348 e. The molecule has 0 radical (unpaired) electrons. The van der Waals surface area contributed by atoms with Crippen LogP contribution < -0.4 is 5.32 Å². The molecule has 0 amide bonds. The SMILES string of the molecule is CCOC(=O)c1cc2c(s1)NCC(C)C2.